The van der Waals surface area contributed by atoms with Crippen molar-refractivity contribution in [2.75, 3.05) is 28.4 Å². The third kappa shape index (κ3) is 3.24. The summed E-state index contributed by atoms with van der Waals surface area (Å²) in [4.78, 5) is 17.4. The third-order valence-electron chi connectivity index (χ3n) is 5.36. The van der Waals surface area contributed by atoms with Crippen LogP contribution in [0.15, 0.2) is 36.4 Å². The summed E-state index contributed by atoms with van der Waals surface area (Å²) in [5.41, 5.74) is 5.10. The van der Waals surface area contributed by atoms with Gasteiger partial charge in [0.25, 0.3) is 0 Å². The Balaban J connectivity index is 1.89. The van der Waals surface area contributed by atoms with Crippen molar-refractivity contribution < 1.29 is 23.7 Å². The molecule has 0 bridgehead atoms. The summed E-state index contributed by atoms with van der Waals surface area (Å²) in [7, 11) is 6.17. The first kappa shape index (κ1) is 19.8. The number of hydrogen-bond donors (Lipinski definition) is 0. The lowest BCUT2D eigenvalue weighted by Gasteiger charge is -2.13. The zero-order valence-electron chi connectivity index (χ0n) is 17.4. The molecule has 154 valence electrons. The SMILES string of the molecule is COC(=O)c1c2c(nc3ccccc13)/C(=C/c1cc(OC)c(OC)c(OC)c1)CC2. The maximum atomic E-state index is 12.6. The molecule has 4 rings (SSSR count). The van der Waals surface area contributed by atoms with Gasteiger partial charge in [-0.1, -0.05) is 18.2 Å². The molecule has 0 unspecified atom stereocenters. The van der Waals surface area contributed by atoms with Gasteiger partial charge in [-0.2, -0.15) is 0 Å². The Labute approximate surface area is 175 Å². The van der Waals surface area contributed by atoms with Gasteiger partial charge < -0.3 is 18.9 Å². The molecule has 0 N–H and O–H groups in total. The van der Waals surface area contributed by atoms with Crippen LogP contribution in [0, 0.1) is 0 Å². The predicted octanol–water partition coefficient (Wildman–Crippen LogP) is 4.53. The normalized spacial score (nSPS) is 13.9. The minimum atomic E-state index is -0.334. The number of esters is 1. The van der Waals surface area contributed by atoms with Gasteiger partial charge in [0, 0.05) is 5.39 Å². The predicted molar refractivity (Wildman–Crippen MR) is 115 cm³/mol. The van der Waals surface area contributed by atoms with Crippen LogP contribution in [-0.4, -0.2) is 39.4 Å². The van der Waals surface area contributed by atoms with E-state index in [-0.39, 0.29) is 5.97 Å². The van der Waals surface area contributed by atoms with Gasteiger partial charge >= 0.3 is 5.97 Å². The minimum absolute atomic E-state index is 0.334. The monoisotopic (exact) mass is 405 g/mol. The second-order valence-electron chi connectivity index (χ2n) is 6.95. The second kappa shape index (κ2) is 8.06. The van der Waals surface area contributed by atoms with Gasteiger partial charge in [-0.05, 0) is 53.8 Å². The molecule has 2 aromatic carbocycles. The van der Waals surface area contributed by atoms with Gasteiger partial charge in [-0.15, -0.1) is 0 Å². The summed E-state index contributed by atoms with van der Waals surface area (Å²) in [6.07, 6.45) is 3.56. The fraction of sp³-hybridized carbons (Fsp3) is 0.250. The molecule has 0 atom stereocenters. The Morgan fingerprint density at radius 2 is 1.67 bits per heavy atom. The van der Waals surface area contributed by atoms with Crippen molar-refractivity contribution >= 4 is 28.5 Å². The van der Waals surface area contributed by atoms with Crippen LogP contribution in [-0.2, 0) is 11.2 Å². The first-order valence-corrected chi connectivity index (χ1v) is 9.62. The van der Waals surface area contributed by atoms with Gasteiger partial charge in [0.1, 0.15) is 0 Å². The zero-order valence-corrected chi connectivity index (χ0v) is 17.4. The van der Waals surface area contributed by atoms with E-state index in [2.05, 4.69) is 6.08 Å². The summed E-state index contributed by atoms with van der Waals surface area (Å²) in [5.74, 6) is 1.39. The molecule has 0 amide bonds. The lowest BCUT2D eigenvalue weighted by molar-refractivity contribution is 0.0602. The van der Waals surface area contributed by atoms with Crippen molar-refractivity contribution in [2.24, 2.45) is 0 Å². The van der Waals surface area contributed by atoms with E-state index in [4.69, 9.17) is 23.9 Å². The van der Waals surface area contributed by atoms with E-state index in [1.807, 2.05) is 36.4 Å². The highest BCUT2D eigenvalue weighted by Crippen LogP contribution is 2.41. The Morgan fingerprint density at radius 1 is 0.967 bits per heavy atom. The summed E-state index contributed by atoms with van der Waals surface area (Å²) >= 11 is 0. The number of allylic oxidation sites excluding steroid dienone is 1. The second-order valence-corrected chi connectivity index (χ2v) is 6.95. The fourth-order valence-electron chi connectivity index (χ4n) is 4.00. The highest BCUT2D eigenvalue weighted by Gasteiger charge is 2.27. The summed E-state index contributed by atoms with van der Waals surface area (Å²) in [6.45, 7) is 0. The van der Waals surface area contributed by atoms with Gasteiger partial charge in [-0.25, -0.2) is 9.78 Å². The first-order valence-electron chi connectivity index (χ1n) is 9.62. The molecule has 1 aliphatic carbocycles. The number of carbonyl (C=O) groups excluding carboxylic acids is 1. The number of hydrogen-bond acceptors (Lipinski definition) is 6. The molecule has 0 fully saturated rings. The van der Waals surface area contributed by atoms with Crippen LogP contribution >= 0.6 is 0 Å². The molecule has 0 saturated heterocycles. The maximum absolute atomic E-state index is 12.6. The number of nitrogens with zero attached hydrogens (tertiary/aromatic N) is 1. The largest absolute Gasteiger partial charge is 0.493 e. The van der Waals surface area contributed by atoms with Crippen LogP contribution in [0.2, 0.25) is 0 Å². The molecule has 6 heteroatoms. The van der Waals surface area contributed by atoms with Gasteiger partial charge in [-0.3, -0.25) is 0 Å². The molecule has 30 heavy (non-hydrogen) atoms. The number of fused-ring (bicyclic) bond motifs is 2. The molecule has 3 aromatic rings. The molecule has 1 heterocycles. The van der Waals surface area contributed by atoms with Gasteiger partial charge in [0.2, 0.25) is 5.75 Å². The van der Waals surface area contributed by atoms with E-state index in [0.717, 1.165) is 46.1 Å². The van der Waals surface area contributed by atoms with Crippen molar-refractivity contribution in [1.82, 2.24) is 4.98 Å². The fourth-order valence-corrected chi connectivity index (χ4v) is 4.00. The Hall–Kier alpha value is -3.54. The van der Waals surface area contributed by atoms with Gasteiger partial charge in [0.15, 0.2) is 11.5 Å². The number of aromatic nitrogens is 1. The summed E-state index contributed by atoms with van der Waals surface area (Å²) < 4.78 is 21.4. The average Bonchev–Trinajstić information content (AvgIpc) is 3.18. The topological polar surface area (TPSA) is 66.9 Å². The molecular formula is C24H23NO5. The summed E-state index contributed by atoms with van der Waals surface area (Å²) in [6, 6.07) is 11.4. The Morgan fingerprint density at radius 3 is 2.30 bits per heavy atom. The van der Waals surface area contributed by atoms with E-state index < -0.39 is 0 Å². The van der Waals surface area contributed by atoms with E-state index in [0.29, 0.717) is 22.8 Å². The highest BCUT2D eigenvalue weighted by molar-refractivity contribution is 6.07. The van der Waals surface area contributed by atoms with Crippen LogP contribution in [0.1, 0.15) is 33.6 Å². The van der Waals surface area contributed by atoms with E-state index in [9.17, 15) is 4.79 Å². The quantitative estimate of drug-likeness (QED) is 0.581. The first-order chi connectivity index (χ1) is 14.6. The van der Waals surface area contributed by atoms with Gasteiger partial charge in [0.05, 0.1) is 45.2 Å². The number of rotatable bonds is 5. The van der Waals surface area contributed by atoms with Crippen LogP contribution in [0.4, 0.5) is 0 Å². The number of ether oxygens (including phenoxy) is 4. The maximum Gasteiger partial charge on any atom is 0.338 e. The number of carbonyl (C=O) groups is 1. The lowest BCUT2D eigenvalue weighted by atomic mass is 10.0. The average molecular weight is 405 g/mol. The number of pyridine rings is 1. The highest BCUT2D eigenvalue weighted by atomic mass is 16.5. The van der Waals surface area contributed by atoms with E-state index in [1.54, 1.807) is 21.3 Å². The molecule has 0 radical (unpaired) electrons. The van der Waals surface area contributed by atoms with Crippen LogP contribution in [0.25, 0.3) is 22.6 Å². The van der Waals surface area contributed by atoms with Crippen LogP contribution in [0.5, 0.6) is 17.2 Å². The Kier molecular flexibility index (Phi) is 5.31. The van der Waals surface area contributed by atoms with Crippen molar-refractivity contribution in [3.8, 4) is 17.2 Å². The van der Waals surface area contributed by atoms with Crippen molar-refractivity contribution in [3.05, 3.63) is 58.8 Å². The zero-order chi connectivity index (χ0) is 21.3. The van der Waals surface area contributed by atoms with Crippen molar-refractivity contribution in [3.63, 3.8) is 0 Å². The number of benzene rings is 2. The molecular weight excluding hydrogens is 382 g/mol. The molecule has 1 aliphatic rings. The van der Waals surface area contributed by atoms with Crippen LogP contribution in [0.3, 0.4) is 0 Å². The van der Waals surface area contributed by atoms with E-state index >= 15 is 0 Å². The van der Waals surface area contributed by atoms with E-state index in [1.165, 1.54) is 7.11 Å². The third-order valence-corrected chi connectivity index (χ3v) is 5.36. The molecule has 1 aromatic heterocycles. The number of para-hydroxylation sites is 1. The Bertz CT molecular complexity index is 1140. The smallest absolute Gasteiger partial charge is 0.338 e. The van der Waals surface area contributed by atoms with Crippen molar-refractivity contribution in [2.45, 2.75) is 12.8 Å². The molecule has 0 saturated carbocycles. The van der Waals surface area contributed by atoms with Crippen molar-refractivity contribution in [1.29, 1.82) is 0 Å². The number of methoxy groups -OCH3 is 4. The molecule has 6 nitrogen and oxygen atoms in total. The molecule has 0 spiro atoms. The lowest BCUT2D eigenvalue weighted by Crippen LogP contribution is -2.08. The minimum Gasteiger partial charge on any atom is -0.493 e. The summed E-state index contributed by atoms with van der Waals surface area (Å²) in [5, 5.41) is 0.817. The van der Waals surface area contributed by atoms with Crippen LogP contribution < -0.4 is 14.2 Å². The molecule has 0 aliphatic heterocycles. The standard InChI is InChI=1S/C24H23NO5/c1-27-19-12-14(13-20(28-2)23(19)29-3)11-15-9-10-17-21(24(26)30-4)16-7-5-6-8-18(16)25-22(15)17/h5-8,11-13H,9-10H2,1-4H3/b15-11+.